The number of ketones is 1. The van der Waals surface area contributed by atoms with E-state index in [2.05, 4.69) is 94.7 Å². The van der Waals surface area contributed by atoms with Gasteiger partial charge < -0.3 is 15.5 Å². The molecule has 2 N–H and O–H groups in total. The summed E-state index contributed by atoms with van der Waals surface area (Å²) < 4.78 is 0. The Balaban J connectivity index is 0.000000167. The number of rotatable bonds is 8. The van der Waals surface area contributed by atoms with E-state index in [9.17, 15) is 4.79 Å². The third-order valence-electron chi connectivity index (χ3n) is 8.41. The number of hydrogen-bond donors (Lipinski definition) is 1. The van der Waals surface area contributed by atoms with Gasteiger partial charge in [-0.25, -0.2) is 0 Å². The van der Waals surface area contributed by atoms with Crippen LogP contribution >= 0.6 is 0 Å². The molecular formula is C39H49N3O. The van der Waals surface area contributed by atoms with E-state index in [4.69, 9.17) is 5.73 Å². The van der Waals surface area contributed by atoms with Gasteiger partial charge in [0.1, 0.15) is 5.78 Å². The lowest BCUT2D eigenvalue weighted by atomic mass is 9.90. The molecule has 0 aromatic heterocycles. The standard InChI is InChI=1S/C20H25N.C13H17NO.C6H7N/c1-3-7-18(8-4-1)11-14-21-15-12-20(13-16-21)17-19-9-5-2-6-10-19;15-13-7-10-14(11-8-13)9-6-12-4-2-1-3-5-12;7-6-4-2-1-3-5-6/h1-10,20H,11-17H2;1-5H,6-11H2;1-5H,7H2. The van der Waals surface area contributed by atoms with Crippen molar-refractivity contribution in [2.45, 2.75) is 44.9 Å². The van der Waals surface area contributed by atoms with Crippen molar-refractivity contribution in [2.24, 2.45) is 5.92 Å². The minimum atomic E-state index is 0.422. The zero-order chi connectivity index (χ0) is 30.0. The molecule has 0 saturated carbocycles. The number of Topliss-reactive ketones (excluding diaryl/α,β-unsaturated/α-hetero) is 1. The normalized spacial score (nSPS) is 16.0. The number of nitrogen functional groups attached to an aromatic ring is 1. The molecule has 2 saturated heterocycles. The smallest absolute Gasteiger partial charge is 0.135 e. The second-order valence-corrected chi connectivity index (χ2v) is 11.7. The van der Waals surface area contributed by atoms with Crippen molar-refractivity contribution in [1.29, 1.82) is 0 Å². The lowest BCUT2D eigenvalue weighted by Crippen LogP contribution is -2.35. The number of carbonyl (C=O) groups is 1. The first-order chi connectivity index (χ1) is 21.1. The number of nitrogens with two attached hydrogens (primary N) is 1. The summed E-state index contributed by atoms with van der Waals surface area (Å²) in [6.07, 6.45) is 7.73. The first-order valence-electron chi connectivity index (χ1n) is 16.0. The first-order valence-corrected chi connectivity index (χ1v) is 16.0. The van der Waals surface area contributed by atoms with E-state index in [1.807, 2.05) is 36.4 Å². The van der Waals surface area contributed by atoms with Crippen LogP contribution in [0.15, 0.2) is 121 Å². The van der Waals surface area contributed by atoms with E-state index in [0.717, 1.165) is 50.5 Å². The molecule has 2 fully saturated rings. The first kappa shape index (κ1) is 32.2. The van der Waals surface area contributed by atoms with Crippen LogP contribution in [-0.2, 0) is 24.1 Å². The second-order valence-electron chi connectivity index (χ2n) is 11.7. The van der Waals surface area contributed by atoms with Gasteiger partial charge in [0.15, 0.2) is 0 Å². The van der Waals surface area contributed by atoms with Gasteiger partial charge in [0, 0.05) is 44.7 Å². The molecule has 0 atom stereocenters. The number of piperidine rings is 2. The highest BCUT2D eigenvalue weighted by Gasteiger charge is 2.19. The average molecular weight is 576 g/mol. The molecule has 0 bridgehead atoms. The van der Waals surface area contributed by atoms with Crippen LogP contribution in [0.1, 0.15) is 42.4 Å². The van der Waals surface area contributed by atoms with Gasteiger partial charge in [-0.2, -0.15) is 0 Å². The van der Waals surface area contributed by atoms with Gasteiger partial charge >= 0.3 is 0 Å². The number of likely N-dealkylation sites (tertiary alicyclic amines) is 2. The van der Waals surface area contributed by atoms with Gasteiger partial charge in [-0.05, 0) is 79.9 Å². The van der Waals surface area contributed by atoms with Crippen molar-refractivity contribution in [3.05, 3.63) is 138 Å². The molecule has 4 aromatic rings. The molecule has 0 amide bonds. The van der Waals surface area contributed by atoms with E-state index >= 15 is 0 Å². The third-order valence-corrected chi connectivity index (χ3v) is 8.41. The molecular weight excluding hydrogens is 526 g/mol. The summed E-state index contributed by atoms with van der Waals surface area (Å²) in [7, 11) is 0. The van der Waals surface area contributed by atoms with Crippen molar-refractivity contribution in [3.63, 3.8) is 0 Å². The van der Waals surface area contributed by atoms with Crippen LogP contribution < -0.4 is 5.73 Å². The van der Waals surface area contributed by atoms with Crippen LogP contribution in [0.4, 0.5) is 5.69 Å². The van der Waals surface area contributed by atoms with Gasteiger partial charge in [0.2, 0.25) is 0 Å². The molecule has 0 unspecified atom stereocenters. The molecule has 6 rings (SSSR count). The maximum absolute atomic E-state index is 11.1. The highest BCUT2D eigenvalue weighted by molar-refractivity contribution is 5.79. The molecule has 4 heteroatoms. The lowest BCUT2D eigenvalue weighted by molar-refractivity contribution is -0.121. The third kappa shape index (κ3) is 13.0. The van der Waals surface area contributed by atoms with Crippen LogP contribution in [0.25, 0.3) is 0 Å². The molecule has 4 aromatic carbocycles. The zero-order valence-electron chi connectivity index (χ0n) is 25.7. The average Bonchev–Trinajstić information content (AvgIpc) is 3.07. The summed E-state index contributed by atoms with van der Waals surface area (Å²) in [5.41, 5.74) is 10.5. The quantitative estimate of drug-likeness (QED) is 0.223. The summed E-state index contributed by atoms with van der Waals surface area (Å²) in [6, 6.07) is 41.8. The summed E-state index contributed by atoms with van der Waals surface area (Å²) >= 11 is 0. The van der Waals surface area contributed by atoms with Crippen molar-refractivity contribution < 1.29 is 4.79 Å². The predicted octanol–water partition coefficient (Wildman–Crippen LogP) is 7.35. The number of hydrogen-bond acceptors (Lipinski definition) is 4. The number of benzene rings is 4. The van der Waals surface area contributed by atoms with Crippen molar-refractivity contribution in [1.82, 2.24) is 9.80 Å². The fourth-order valence-corrected chi connectivity index (χ4v) is 5.70. The second kappa shape index (κ2) is 18.7. The lowest BCUT2D eigenvalue weighted by Gasteiger charge is -2.32. The van der Waals surface area contributed by atoms with E-state index in [1.165, 1.54) is 62.0 Å². The Morgan fingerprint density at radius 2 is 0.930 bits per heavy atom. The van der Waals surface area contributed by atoms with Crippen molar-refractivity contribution in [3.8, 4) is 0 Å². The molecule has 0 radical (unpaired) electrons. The molecule has 4 nitrogen and oxygen atoms in total. The van der Waals surface area contributed by atoms with E-state index < -0.39 is 0 Å². The Morgan fingerprint density at radius 3 is 1.35 bits per heavy atom. The fourth-order valence-electron chi connectivity index (χ4n) is 5.70. The molecule has 2 heterocycles. The van der Waals surface area contributed by atoms with Crippen molar-refractivity contribution >= 4 is 11.5 Å². The predicted molar refractivity (Wildman–Crippen MR) is 181 cm³/mol. The van der Waals surface area contributed by atoms with Crippen LogP contribution in [-0.4, -0.2) is 54.9 Å². The highest BCUT2D eigenvalue weighted by atomic mass is 16.1. The highest BCUT2D eigenvalue weighted by Crippen LogP contribution is 2.21. The van der Waals surface area contributed by atoms with Gasteiger partial charge in [0.05, 0.1) is 0 Å². The number of para-hydroxylation sites is 1. The number of carbonyl (C=O) groups excluding carboxylic acids is 1. The Labute approximate surface area is 259 Å². The largest absolute Gasteiger partial charge is 0.399 e. The summed E-state index contributed by atoms with van der Waals surface area (Å²) in [4.78, 5) is 16.1. The maximum Gasteiger partial charge on any atom is 0.135 e. The number of anilines is 1. The van der Waals surface area contributed by atoms with Gasteiger partial charge in [-0.1, -0.05) is 109 Å². The molecule has 0 spiro atoms. The molecule has 43 heavy (non-hydrogen) atoms. The molecule has 226 valence electrons. The van der Waals surface area contributed by atoms with Crippen LogP contribution in [0.3, 0.4) is 0 Å². The summed E-state index contributed by atoms with van der Waals surface area (Å²) in [5, 5.41) is 0. The zero-order valence-corrected chi connectivity index (χ0v) is 25.7. The molecule has 2 aliphatic heterocycles. The SMILES string of the molecule is Nc1ccccc1.O=C1CCN(CCc2ccccc2)CC1.c1ccc(CCN2CCC(Cc3ccccc3)CC2)cc1. The van der Waals surface area contributed by atoms with Crippen LogP contribution in [0.2, 0.25) is 0 Å². The number of nitrogens with zero attached hydrogens (tertiary/aromatic N) is 2. The summed E-state index contributed by atoms with van der Waals surface area (Å²) in [5.74, 6) is 1.30. The van der Waals surface area contributed by atoms with Gasteiger partial charge in [-0.3, -0.25) is 4.79 Å². The minimum absolute atomic E-state index is 0.422. The van der Waals surface area contributed by atoms with Gasteiger partial charge in [0.25, 0.3) is 0 Å². The Bertz CT molecular complexity index is 1260. The Hall–Kier alpha value is -3.73. The van der Waals surface area contributed by atoms with E-state index in [0.29, 0.717) is 5.78 Å². The summed E-state index contributed by atoms with van der Waals surface area (Å²) in [6.45, 7) is 6.73. The van der Waals surface area contributed by atoms with Gasteiger partial charge in [-0.15, -0.1) is 0 Å². The monoisotopic (exact) mass is 575 g/mol. The van der Waals surface area contributed by atoms with Crippen LogP contribution in [0.5, 0.6) is 0 Å². The molecule has 2 aliphatic rings. The Kier molecular flexibility index (Phi) is 14.0. The van der Waals surface area contributed by atoms with E-state index in [1.54, 1.807) is 0 Å². The van der Waals surface area contributed by atoms with Crippen LogP contribution in [0, 0.1) is 5.92 Å². The Morgan fingerprint density at radius 1 is 0.535 bits per heavy atom. The minimum Gasteiger partial charge on any atom is -0.399 e. The maximum atomic E-state index is 11.1. The fraction of sp³-hybridized carbons (Fsp3) is 0.359. The van der Waals surface area contributed by atoms with Crippen molar-refractivity contribution in [2.75, 3.05) is 45.0 Å². The van der Waals surface area contributed by atoms with E-state index in [-0.39, 0.29) is 0 Å². The molecule has 0 aliphatic carbocycles. The topological polar surface area (TPSA) is 49.6 Å².